The molecule has 0 saturated carbocycles. The van der Waals surface area contributed by atoms with Crippen molar-refractivity contribution in [2.45, 2.75) is 130 Å². The second kappa shape index (κ2) is 24.5. The predicted molar refractivity (Wildman–Crippen MR) is 148 cm³/mol. The number of unbranched alkanes of at least 4 members (excludes halogenated alkanes) is 15. The average molecular weight is 606 g/mol. The van der Waals surface area contributed by atoms with E-state index < -0.39 is 0 Å². The van der Waals surface area contributed by atoms with Gasteiger partial charge in [0.1, 0.15) is 0 Å². The molecule has 0 fully saturated rings. The topological polar surface area (TPSA) is 0 Å². The second-order valence-corrected chi connectivity index (χ2v) is 13.2. The number of hydrogen-bond acceptors (Lipinski definition) is 0. The molecule has 36 heavy (non-hydrogen) atoms. The van der Waals surface area contributed by atoms with Gasteiger partial charge in [-0.3, -0.25) is 0 Å². The summed E-state index contributed by atoms with van der Waals surface area (Å²) in [6, 6.07) is 11.3. The van der Waals surface area contributed by atoms with Gasteiger partial charge in [0.05, 0.1) is 0 Å². The van der Waals surface area contributed by atoms with Gasteiger partial charge in [0.15, 0.2) is 0 Å². The molecule has 0 aliphatic heterocycles. The first-order valence-corrected chi connectivity index (χ1v) is 16.5. The van der Waals surface area contributed by atoms with Gasteiger partial charge in [-0.25, -0.2) is 0 Å². The van der Waals surface area contributed by atoms with Crippen molar-refractivity contribution >= 4 is 14.7 Å². The molecule has 0 heterocycles. The number of hydrogen-bond donors (Lipinski definition) is 0. The van der Waals surface area contributed by atoms with Crippen molar-refractivity contribution in [2.75, 3.05) is 0 Å². The van der Waals surface area contributed by atoms with Crippen molar-refractivity contribution in [1.29, 1.82) is 0 Å². The second-order valence-electron chi connectivity index (χ2n) is 10.5. The zero-order chi connectivity index (χ0) is 23.7. The van der Waals surface area contributed by atoms with Crippen LogP contribution < -0.4 is 42.4 Å². The van der Waals surface area contributed by atoms with Crippen molar-refractivity contribution in [3.63, 3.8) is 0 Å². The monoisotopic (exact) mass is 604 g/mol. The first-order chi connectivity index (χ1) is 16.1. The Bertz CT molecular complexity index is 718. The van der Waals surface area contributed by atoms with Gasteiger partial charge in [0.2, 0.25) is 0 Å². The largest absolute Gasteiger partial charge is 1.00 e. The van der Waals surface area contributed by atoms with Crippen LogP contribution in [0.4, 0.5) is 0 Å². The van der Waals surface area contributed by atoms with E-state index in [2.05, 4.69) is 71.5 Å². The van der Waals surface area contributed by atoms with Gasteiger partial charge < -0.3 is 37.2 Å². The fourth-order valence-corrected chi connectivity index (χ4v) is 8.46. The maximum Gasteiger partial charge on any atom is -1.00 e. The summed E-state index contributed by atoms with van der Waals surface area (Å²) in [6.07, 6.45) is 24.6. The maximum absolute atomic E-state index is 2.41. The summed E-state index contributed by atoms with van der Waals surface area (Å²) in [5.41, 5.74) is 3.30. The van der Waals surface area contributed by atoms with Crippen LogP contribution in [-0.4, -0.2) is 9.52 Å². The van der Waals surface area contributed by atoms with Crippen LogP contribution in [0.25, 0.3) is 0 Å². The summed E-state index contributed by atoms with van der Waals surface area (Å²) in [7, 11) is -0.323. The first-order valence-electron chi connectivity index (χ1n) is 14.3. The molecule has 1 aromatic rings. The Balaban J connectivity index is 0. The number of halogens is 3. The zero-order valence-electron chi connectivity index (χ0n) is 23.3. The van der Waals surface area contributed by atoms with E-state index in [1.54, 1.807) is 20.2 Å². The Morgan fingerprint density at radius 2 is 1.06 bits per heavy atom. The van der Waals surface area contributed by atoms with Crippen LogP contribution in [0.1, 0.15) is 130 Å². The van der Waals surface area contributed by atoms with Crippen molar-refractivity contribution in [1.82, 2.24) is 0 Å². The molecule has 2 rings (SSSR count). The van der Waals surface area contributed by atoms with Gasteiger partial charge in [-0.15, -0.1) is 0 Å². The normalized spacial score (nSPS) is 15.3. The molecule has 0 bridgehead atoms. The maximum atomic E-state index is 2.41. The van der Waals surface area contributed by atoms with E-state index in [4.69, 9.17) is 0 Å². The molecule has 0 aromatic heterocycles. The van der Waals surface area contributed by atoms with Gasteiger partial charge in [0, 0.05) is 0 Å². The van der Waals surface area contributed by atoms with Crippen LogP contribution in [-0.2, 0) is 20.4 Å². The number of benzene rings is 1. The molecule has 0 radical (unpaired) electrons. The van der Waals surface area contributed by atoms with Crippen LogP contribution >= 0.6 is 0 Å². The van der Waals surface area contributed by atoms with Crippen LogP contribution in [0.2, 0.25) is 0 Å². The molecule has 1 unspecified atom stereocenters. The smallest absolute Gasteiger partial charge is 1.00 e. The molecule has 0 nitrogen and oxygen atoms in total. The first kappa shape index (κ1) is 38.6. The molecule has 5 heteroatoms. The average Bonchev–Trinajstić information content (AvgIpc) is 3.03. The summed E-state index contributed by atoms with van der Waals surface area (Å²) in [5.74, 6) is 0.753. The SMILES string of the molecule is CCCCCCCCCCCCCCCCCCC1C(C)=[C]([Ti+3])C(C)=C1[SiH2]c1ccccc1.[Cl-].[Cl-].[Cl-]. The molecule has 0 spiro atoms. The Labute approximate surface area is 257 Å². The van der Waals surface area contributed by atoms with E-state index in [-0.39, 0.29) is 46.7 Å². The van der Waals surface area contributed by atoms with E-state index in [0.717, 1.165) is 5.92 Å². The van der Waals surface area contributed by atoms with E-state index in [1.807, 2.05) is 5.20 Å². The summed E-state index contributed by atoms with van der Waals surface area (Å²) in [4.78, 5) is 0. The molecular weight excluding hydrogens is 555 g/mol. The van der Waals surface area contributed by atoms with Crippen molar-refractivity contribution in [3.05, 3.63) is 50.6 Å². The quantitative estimate of drug-likeness (QED) is 0.152. The number of allylic oxidation sites excluding steroid dienone is 4. The van der Waals surface area contributed by atoms with E-state index in [1.165, 1.54) is 109 Å². The third-order valence-corrected chi connectivity index (χ3v) is 11.3. The Hall–Kier alpha value is 0.501. The molecule has 0 amide bonds. The van der Waals surface area contributed by atoms with Gasteiger partial charge in [-0.1, -0.05) is 58.3 Å². The molecule has 1 atom stereocenters. The molecule has 1 aliphatic rings. The fourth-order valence-electron chi connectivity index (χ4n) is 5.51. The zero-order valence-corrected chi connectivity index (χ0v) is 28.6. The summed E-state index contributed by atoms with van der Waals surface area (Å²) < 4.78 is 1.59. The standard InChI is InChI=1S/C31H51Si.3ClH.Ti/c1-4-5-6-7-8-9-10-11-12-13-14-15-16-17-18-22-25-30-27(2)26-28(3)31(30)32-29-23-20-19-21-24-29;;;;/h19-21,23-24,30H,4-18,22,25,32H2,1-3H3;3*1H;/q;;;;+3/p-3. The minimum Gasteiger partial charge on any atom is -1.00 e. The molecule has 1 aromatic carbocycles. The van der Waals surface area contributed by atoms with Crippen LogP contribution in [0.15, 0.2) is 50.6 Å². The molecule has 0 saturated heterocycles. The van der Waals surface area contributed by atoms with Crippen molar-refractivity contribution < 1.29 is 57.7 Å². The minimum atomic E-state index is -0.323. The van der Waals surface area contributed by atoms with Crippen LogP contribution in [0.3, 0.4) is 0 Å². The van der Waals surface area contributed by atoms with Crippen molar-refractivity contribution in [2.24, 2.45) is 5.92 Å². The van der Waals surface area contributed by atoms with Gasteiger partial charge in [-0.05, 0) is 0 Å². The van der Waals surface area contributed by atoms with Crippen LogP contribution in [0, 0.1) is 5.92 Å². The minimum absolute atomic E-state index is 0. The third-order valence-electron chi connectivity index (χ3n) is 7.78. The molecular formula is C31H51Cl3SiTi. The summed E-state index contributed by atoms with van der Waals surface area (Å²) >= 11 is 2.36. The van der Waals surface area contributed by atoms with Gasteiger partial charge in [0.25, 0.3) is 0 Å². The fraction of sp³-hybridized carbons (Fsp3) is 0.677. The van der Waals surface area contributed by atoms with E-state index in [9.17, 15) is 0 Å². The van der Waals surface area contributed by atoms with Crippen LogP contribution in [0.5, 0.6) is 0 Å². The summed E-state index contributed by atoms with van der Waals surface area (Å²) in [5, 5.41) is 3.43. The number of rotatable bonds is 19. The summed E-state index contributed by atoms with van der Waals surface area (Å²) in [6.45, 7) is 7.10. The van der Waals surface area contributed by atoms with Gasteiger partial charge in [-0.2, -0.15) is 0 Å². The third kappa shape index (κ3) is 15.2. The van der Waals surface area contributed by atoms with Gasteiger partial charge >= 0.3 is 163 Å². The van der Waals surface area contributed by atoms with E-state index >= 15 is 0 Å². The Morgan fingerprint density at radius 1 is 0.639 bits per heavy atom. The molecule has 204 valence electrons. The van der Waals surface area contributed by atoms with Crippen molar-refractivity contribution in [3.8, 4) is 0 Å². The molecule has 1 aliphatic carbocycles. The Morgan fingerprint density at radius 3 is 1.50 bits per heavy atom. The van der Waals surface area contributed by atoms with E-state index in [0.29, 0.717) is 0 Å². The Kier molecular flexibility index (Phi) is 26.3. The predicted octanol–water partition coefficient (Wildman–Crippen LogP) is -0.131. The molecule has 0 N–H and O–H groups in total.